The van der Waals surface area contributed by atoms with Gasteiger partial charge in [-0.25, -0.2) is 4.98 Å². The number of methoxy groups -OCH3 is 1. The summed E-state index contributed by atoms with van der Waals surface area (Å²) >= 11 is 0. The number of rotatable bonds is 9. The molecule has 0 fully saturated rings. The summed E-state index contributed by atoms with van der Waals surface area (Å²) in [7, 11) is 1.55. The largest absolute Gasteiger partial charge is 0.481 e. The molecule has 0 aliphatic carbocycles. The molecule has 1 amide bonds. The molecule has 3 N–H and O–H groups in total. The molecule has 2 aromatic rings. The first-order chi connectivity index (χ1) is 11.7. The first-order valence-electron chi connectivity index (χ1n) is 7.85. The molecule has 1 heterocycles. The number of benzene rings is 1. The highest BCUT2D eigenvalue weighted by Crippen LogP contribution is 2.24. The first-order valence-corrected chi connectivity index (χ1v) is 7.85. The Morgan fingerprint density at radius 2 is 1.88 bits per heavy atom. The van der Waals surface area contributed by atoms with Crippen molar-refractivity contribution in [1.82, 2.24) is 9.88 Å². The second-order valence-electron chi connectivity index (χ2n) is 5.32. The molecule has 0 saturated heterocycles. The summed E-state index contributed by atoms with van der Waals surface area (Å²) in [6.07, 6.45) is 0.264. The maximum absolute atomic E-state index is 12.2. The van der Waals surface area contributed by atoms with Crippen LogP contribution in [-0.4, -0.2) is 66.0 Å². The number of hydrogen-bond acceptors (Lipinski definition) is 6. The molecule has 0 radical (unpaired) electrons. The molecule has 25 heavy (non-hydrogen) atoms. The number of anilines is 1. The van der Waals surface area contributed by atoms with Crippen LogP contribution in [0.5, 0.6) is 5.88 Å². The van der Waals surface area contributed by atoms with Crippen LogP contribution in [0.25, 0.3) is 10.9 Å². The lowest BCUT2D eigenvalue weighted by atomic mass is 10.2. The molecular weight excluding hydrogens is 346 g/mol. The highest BCUT2D eigenvalue weighted by atomic mass is 35.5. The summed E-state index contributed by atoms with van der Waals surface area (Å²) < 4.78 is 5.14. The van der Waals surface area contributed by atoms with E-state index in [4.69, 9.17) is 14.9 Å². The van der Waals surface area contributed by atoms with Gasteiger partial charge in [0.05, 0.1) is 31.5 Å². The van der Waals surface area contributed by atoms with Crippen LogP contribution in [0.15, 0.2) is 30.3 Å². The minimum Gasteiger partial charge on any atom is -0.481 e. The quantitative estimate of drug-likeness (QED) is 0.616. The Morgan fingerprint density at radius 1 is 1.16 bits per heavy atom. The van der Waals surface area contributed by atoms with Gasteiger partial charge in [-0.1, -0.05) is 12.1 Å². The van der Waals surface area contributed by atoms with E-state index in [1.54, 1.807) is 19.2 Å². The lowest BCUT2D eigenvalue weighted by Gasteiger charge is -2.19. The number of carbonyl (C=O) groups is 1. The van der Waals surface area contributed by atoms with Crippen molar-refractivity contribution in [3.63, 3.8) is 0 Å². The van der Waals surface area contributed by atoms with Crippen molar-refractivity contribution in [2.45, 2.75) is 6.42 Å². The predicted molar refractivity (Wildman–Crippen MR) is 99.4 cm³/mol. The van der Waals surface area contributed by atoms with Gasteiger partial charge >= 0.3 is 0 Å². The Bertz CT molecular complexity index is 678. The average molecular weight is 370 g/mol. The Morgan fingerprint density at radius 3 is 2.52 bits per heavy atom. The molecule has 0 atom stereocenters. The second kappa shape index (κ2) is 10.8. The zero-order valence-corrected chi connectivity index (χ0v) is 15.0. The molecule has 8 heteroatoms. The maximum Gasteiger partial charge on any atom is 0.225 e. The van der Waals surface area contributed by atoms with E-state index in [-0.39, 0.29) is 37.9 Å². The summed E-state index contributed by atoms with van der Waals surface area (Å²) in [5.74, 6) is 0.342. The summed E-state index contributed by atoms with van der Waals surface area (Å²) in [4.78, 5) is 18.4. The normalized spacial score (nSPS) is 10.6. The lowest BCUT2D eigenvalue weighted by Crippen LogP contribution is -2.32. The molecule has 1 aromatic heterocycles. The van der Waals surface area contributed by atoms with E-state index in [1.807, 2.05) is 23.1 Å². The van der Waals surface area contributed by atoms with Crippen molar-refractivity contribution < 1.29 is 19.7 Å². The van der Waals surface area contributed by atoms with Gasteiger partial charge < -0.3 is 20.3 Å². The van der Waals surface area contributed by atoms with Crippen LogP contribution in [0, 0.1) is 0 Å². The van der Waals surface area contributed by atoms with E-state index in [1.165, 1.54) is 0 Å². The van der Waals surface area contributed by atoms with Crippen LogP contribution in [0.2, 0.25) is 0 Å². The number of nitrogens with zero attached hydrogens (tertiary/aromatic N) is 2. The Kier molecular flexibility index (Phi) is 9.15. The van der Waals surface area contributed by atoms with Gasteiger partial charge in [0.25, 0.3) is 0 Å². The summed E-state index contributed by atoms with van der Waals surface area (Å²) in [6, 6.07) is 9.24. The number of nitrogens with one attached hydrogen (secondary N) is 1. The molecule has 2 rings (SSSR count). The predicted octanol–water partition coefficient (Wildman–Crippen LogP) is 1.28. The fourth-order valence-corrected chi connectivity index (χ4v) is 2.43. The number of amides is 1. The number of pyridine rings is 1. The van der Waals surface area contributed by atoms with Crippen molar-refractivity contribution in [2.24, 2.45) is 0 Å². The number of halogens is 1. The number of hydrogen-bond donors (Lipinski definition) is 3. The van der Waals surface area contributed by atoms with E-state index in [9.17, 15) is 4.79 Å². The van der Waals surface area contributed by atoms with Gasteiger partial charge in [0, 0.05) is 37.5 Å². The average Bonchev–Trinajstić information content (AvgIpc) is 2.60. The van der Waals surface area contributed by atoms with Crippen LogP contribution in [0.3, 0.4) is 0 Å². The topological polar surface area (TPSA) is 94.9 Å². The third-order valence-corrected chi connectivity index (χ3v) is 3.67. The van der Waals surface area contributed by atoms with Gasteiger partial charge in [-0.3, -0.25) is 9.69 Å². The van der Waals surface area contributed by atoms with Gasteiger partial charge in [-0.15, -0.1) is 12.4 Å². The minimum absolute atomic E-state index is 0. The highest BCUT2D eigenvalue weighted by molar-refractivity contribution is 6.00. The lowest BCUT2D eigenvalue weighted by molar-refractivity contribution is -0.116. The number of aliphatic hydroxyl groups is 2. The van der Waals surface area contributed by atoms with E-state index in [0.717, 1.165) is 5.39 Å². The van der Waals surface area contributed by atoms with Crippen molar-refractivity contribution in [1.29, 1.82) is 0 Å². The molecule has 7 nitrogen and oxygen atoms in total. The molecule has 138 valence electrons. The van der Waals surface area contributed by atoms with Crippen LogP contribution in [-0.2, 0) is 4.79 Å². The molecule has 0 unspecified atom stereocenters. The Hall–Kier alpha value is -1.93. The second-order valence-corrected chi connectivity index (χ2v) is 5.32. The third kappa shape index (κ3) is 6.13. The standard InChI is InChI=1S/C17H23N3O4.ClH/c1-24-16-6-5-13-3-2-4-14(17(13)19-16)18-15(23)7-8-20(9-11-21)10-12-22;/h2-6,21-22H,7-12H2,1H3,(H,18,23);1H. The van der Waals surface area contributed by atoms with E-state index < -0.39 is 0 Å². The number of fused-ring (bicyclic) bond motifs is 1. The summed E-state index contributed by atoms with van der Waals surface area (Å²) in [5.41, 5.74) is 1.31. The molecule has 0 saturated carbocycles. The minimum atomic E-state index is -0.145. The SMILES string of the molecule is COc1ccc2cccc(NC(=O)CCN(CCO)CCO)c2n1.Cl. The summed E-state index contributed by atoms with van der Waals surface area (Å²) in [5, 5.41) is 21.8. The molecule has 1 aromatic carbocycles. The number of aliphatic hydroxyl groups excluding tert-OH is 2. The zero-order valence-electron chi connectivity index (χ0n) is 14.1. The number of ether oxygens (including phenoxy) is 1. The fourth-order valence-electron chi connectivity index (χ4n) is 2.43. The van der Waals surface area contributed by atoms with E-state index >= 15 is 0 Å². The van der Waals surface area contributed by atoms with E-state index in [2.05, 4.69) is 10.3 Å². The van der Waals surface area contributed by atoms with Crippen molar-refractivity contribution in [3.8, 4) is 5.88 Å². The smallest absolute Gasteiger partial charge is 0.225 e. The molecule has 0 spiro atoms. The highest BCUT2D eigenvalue weighted by Gasteiger charge is 2.10. The molecule has 0 aliphatic heterocycles. The zero-order chi connectivity index (χ0) is 17.4. The monoisotopic (exact) mass is 369 g/mol. The van der Waals surface area contributed by atoms with E-state index in [0.29, 0.717) is 36.7 Å². The molecular formula is C17H24ClN3O4. The fraction of sp³-hybridized carbons (Fsp3) is 0.412. The summed E-state index contributed by atoms with van der Waals surface area (Å²) in [6.45, 7) is 1.32. The Labute approximate surface area is 153 Å². The van der Waals surface area contributed by atoms with Crippen LogP contribution < -0.4 is 10.1 Å². The molecule has 0 bridgehead atoms. The van der Waals surface area contributed by atoms with Gasteiger partial charge in [0.15, 0.2) is 0 Å². The first kappa shape index (κ1) is 21.1. The van der Waals surface area contributed by atoms with Gasteiger partial charge in [-0.2, -0.15) is 0 Å². The van der Waals surface area contributed by atoms with Crippen molar-refractivity contribution >= 4 is 34.9 Å². The van der Waals surface area contributed by atoms with Crippen LogP contribution in [0.4, 0.5) is 5.69 Å². The van der Waals surface area contributed by atoms with Gasteiger partial charge in [0.2, 0.25) is 11.8 Å². The number of aromatic nitrogens is 1. The maximum atomic E-state index is 12.2. The van der Waals surface area contributed by atoms with Crippen molar-refractivity contribution in [2.75, 3.05) is 45.3 Å². The van der Waals surface area contributed by atoms with Crippen LogP contribution >= 0.6 is 12.4 Å². The molecule has 0 aliphatic rings. The number of carbonyl (C=O) groups excluding carboxylic acids is 1. The third-order valence-electron chi connectivity index (χ3n) is 3.67. The van der Waals surface area contributed by atoms with Crippen LogP contribution in [0.1, 0.15) is 6.42 Å². The van der Waals surface area contributed by atoms with Crippen molar-refractivity contribution in [3.05, 3.63) is 30.3 Å². The van der Waals surface area contributed by atoms with Gasteiger partial charge in [0.1, 0.15) is 0 Å². The number of para-hydroxylation sites is 1. The Balaban J connectivity index is 0.00000312. The van der Waals surface area contributed by atoms with Gasteiger partial charge in [-0.05, 0) is 12.1 Å².